The summed E-state index contributed by atoms with van der Waals surface area (Å²) < 4.78 is 0.835. The molecule has 2 N–H and O–H groups in total. The van der Waals surface area contributed by atoms with Gasteiger partial charge >= 0.3 is 0 Å². The summed E-state index contributed by atoms with van der Waals surface area (Å²) in [4.78, 5) is 0.828. The summed E-state index contributed by atoms with van der Waals surface area (Å²) in [6.07, 6.45) is 1.91. The molecule has 0 aliphatic heterocycles. The Balaban J connectivity index is 2.88. The normalized spacial score (nSPS) is 10.8. The van der Waals surface area contributed by atoms with E-state index in [1.807, 2.05) is 17.7 Å². The summed E-state index contributed by atoms with van der Waals surface area (Å²) in [6.45, 7) is 0. The van der Waals surface area contributed by atoms with E-state index in [-0.39, 0.29) is 11.5 Å². The molecule has 1 heterocycles. The Bertz CT molecular complexity index is 448. The van der Waals surface area contributed by atoms with Gasteiger partial charge in [-0.15, -0.1) is 23.1 Å². The molecule has 0 unspecified atom stereocenters. The van der Waals surface area contributed by atoms with Crippen LogP contribution in [0.1, 0.15) is 0 Å². The molecule has 68 valence electrons. The Morgan fingerprint density at radius 3 is 2.77 bits per heavy atom. The molecular formula is C9H8O2S2. The van der Waals surface area contributed by atoms with E-state index in [0.29, 0.717) is 0 Å². The second-order valence-corrected chi connectivity index (χ2v) is 4.34. The lowest BCUT2D eigenvalue weighted by Gasteiger charge is -2.03. The maximum Gasteiger partial charge on any atom is 0.137 e. The molecule has 0 amide bonds. The highest BCUT2D eigenvalue weighted by atomic mass is 32.2. The predicted octanol–water partition coefficient (Wildman–Crippen LogP) is 3.03. The third-order valence-electron chi connectivity index (χ3n) is 1.85. The standard InChI is InChI=1S/C9H8O2S2/c1-12-8-5-2-3-13-9(5)7(11)4-6(8)10/h2-4,10-11H,1H3. The summed E-state index contributed by atoms with van der Waals surface area (Å²) in [5, 5.41) is 21.9. The Morgan fingerprint density at radius 1 is 1.31 bits per heavy atom. The number of phenols is 2. The lowest BCUT2D eigenvalue weighted by molar-refractivity contribution is 0.447. The van der Waals surface area contributed by atoms with E-state index in [0.717, 1.165) is 15.0 Å². The van der Waals surface area contributed by atoms with Crippen LogP contribution in [0, 0.1) is 0 Å². The number of thioether (sulfide) groups is 1. The highest BCUT2D eigenvalue weighted by Gasteiger charge is 2.10. The van der Waals surface area contributed by atoms with Crippen LogP contribution in [0.5, 0.6) is 11.5 Å². The summed E-state index contributed by atoms with van der Waals surface area (Å²) in [5.41, 5.74) is 0. The quantitative estimate of drug-likeness (QED) is 0.714. The molecule has 0 spiro atoms. The Kier molecular flexibility index (Phi) is 2.09. The van der Waals surface area contributed by atoms with E-state index in [1.165, 1.54) is 29.2 Å². The van der Waals surface area contributed by atoms with E-state index in [9.17, 15) is 10.2 Å². The molecule has 13 heavy (non-hydrogen) atoms. The molecule has 0 radical (unpaired) electrons. The van der Waals surface area contributed by atoms with Crippen LogP contribution in [0.3, 0.4) is 0 Å². The first-order valence-corrected chi connectivity index (χ1v) is 5.80. The van der Waals surface area contributed by atoms with Crippen LogP contribution >= 0.6 is 23.1 Å². The molecule has 2 rings (SSSR count). The van der Waals surface area contributed by atoms with Gasteiger partial charge in [-0.25, -0.2) is 0 Å². The van der Waals surface area contributed by atoms with Gasteiger partial charge in [0.05, 0.1) is 9.60 Å². The zero-order valence-corrected chi connectivity index (χ0v) is 8.58. The maximum atomic E-state index is 9.53. The third-order valence-corrected chi connectivity index (χ3v) is 3.63. The van der Waals surface area contributed by atoms with E-state index in [1.54, 1.807) is 0 Å². The largest absolute Gasteiger partial charge is 0.507 e. The van der Waals surface area contributed by atoms with Crippen LogP contribution in [-0.2, 0) is 0 Å². The fourth-order valence-electron chi connectivity index (χ4n) is 1.30. The van der Waals surface area contributed by atoms with Crippen molar-refractivity contribution in [2.24, 2.45) is 0 Å². The molecule has 1 aromatic heterocycles. The molecule has 2 nitrogen and oxygen atoms in total. The number of thiophene rings is 1. The monoisotopic (exact) mass is 212 g/mol. The number of fused-ring (bicyclic) bond motifs is 1. The Labute approximate surface area is 83.8 Å². The van der Waals surface area contributed by atoms with Crippen molar-refractivity contribution in [2.45, 2.75) is 4.90 Å². The molecule has 0 bridgehead atoms. The zero-order chi connectivity index (χ0) is 9.42. The Hall–Kier alpha value is -0.870. The van der Waals surface area contributed by atoms with Crippen molar-refractivity contribution in [3.63, 3.8) is 0 Å². The molecule has 0 saturated heterocycles. The van der Waals surface area contributed by atoms with Gasteiger partial charge in [-0.05, 0) is 17.7 Å². The van der Waals surface area contributed by atoms with Gasteiger partial charge in [-0.1, -0.05) is 0 Å². The minimum absolute atomic E-state index is 0.149. The lowest BCUT2D eigenvalue weighted by Crippen LogP contribution is -1.75. The molecule has 4 heteroatoms. The SMILES string of the molecule is CSc1c(O)cc(O)c2sccc12. The number of aromatic hydroxyl groups is 2. The second-order valence-electron chi connectivity index (χ2n) is 2.61. The number of hydrogen-bond donors (Lipinski definition) is 2. The minimum Gasteiger partial charge on any atom is -0.507 e. The summed E-state index contributed by atoms with van der Waals surface area (Å²) in [7, 11) is 0. The first kappa shape index (κ1) is 8.72. The number of phenolic OH excluding ortho intramolecular Hbond substituents is 2. The third kappa shape index (κ3) is 1.26. The van der Waals surface area contributed by atoms with E-state index < -0.39 is 0 Å². The van der Waals surface area contributed by atoms with Crippen LogP contribution in [0.4, 0.5) is 0 Å². The molecule has 0 aliphatic carbocycles. The van der Waals surface area contributed by atoms with Gasteiger partial charge in [0.1, 0.15) is 11.5 Å². The first-order chi connectivity index (χ1) is 6.24. The van der Waals surface area contributed by atoms with Gasteiger partial charge in [0.2, 0.25) is 0 Å². The van der Waals surface area contributed by atoms with Gasteiger partial charge in [-0.3, -0.25) is 0 Å². The fraction of sp³-hybridized carbons (Fsp3) is 0.111. The molecule has 0 atom stereocenters. The van der Waals surface area contributed by atoms with Crippen molar-refractivity contribution in [1.82, 2.24) is 0 Å². The molecule has 2 aromatic rings. The van der Waals surface area contributed by atoms with Gasteiger partial charge in [0.15, 0.2) is 0 Å². The van der Waals surface area contributed by atoms with Gasteiger partial charge in [0, 0.05) is 11.5 Å². The summed E-state index contributed by atoms with van der Waals surface area (Å²) >= 11 is 2.96. The molecule has 0 fully saturated rings. The van der Waals surface area contributed by atoms with Crippen LogP contribution < -0.4 is 0 Å². The van der Waals surface area contributed by atoms with Crippen molar-refractivity contribution >= 4 is 33.2 Å². The van der Waals surface area contributed by atoms with Gasteiger partial charge < -0.3 is 10.2 Å². The zero-order valence-electron chi connectivity index (χ0n) is 6.94. The highest BCUT2D eigenvalue weighted by molar-refractivity contribution is 7.99. The first-order valence-electron chi connectivity index (χ1n) is 3.70. The number of benzene rings is 1. The minimum atomic E-state index is 0.149. The van der Waals surface area contributed by atoms with Gasteiger partial charge in [0.25, 0.3) is 0 Å². The van der Waals surface area contributed by atoms with Crippen molar-refractivity contribution in [2.75, 3.05) is 6.26 Å². The van der Waals surface area contributed by atoms with E-state index in [4.69, 9.17) is 0 Å². The average Bonchev–Trinajstić information content (AvgIpc) is 2.53. The highest BCUT2D eigenvalue weighted by Crippen LogP contribution is 2.41. The van der Waals surface area contributed by atoms with Crippen molar-refractivity contribution < 1.29 is 10.2 Å². The van der Waals surface area contributed by atoms with Crippen LogP contribution in [-0.4, -0.2) is 16.5 Å². The van der Waals surface area contributed by atoms with Crippen molar-refractivity contribution in [1.29, 1.82) is 0 Å². The maximum absolute atomic E-state index is 9.53. The van der Waals surface area contributed by atoms with Gasteiger partial charge in [-0.2, -0.15) is 0 Å². The van der Waals surface area contributed by atoms with Crippen molar-refractivity contribution in [3.05, 3.63) is 17.5 Å². The number of hydrogen-bond acceptors (Lipinski definition) is 4. The summed E-state index contributed by atoms with van der Waals surface area (Å²) in [5.74, 6) is 0.302. The molecular weight excluding hydrogens is 204 g/mol. The van der Waals surface area contributed by atoms with Crippen molar-refractivity contribution in [3.8, 4) is 11.5 Å². The van der Waals surface area contributed by atoms with Crippen LogP contribution in [0.25, 0.3) is 10.1 Å². The predicted molar refractivity (Wildman–Crippen MR) is 56.9 cm³/mol. The topological polar surface area (TPSA) is 40.5 Å². The molecule has 1 aromatic carbocycles. The smallest absolute Gasteiger partial charge is 0.137 e. The fourth-order valence-corrected chi connectivity index (χ4v) is 2.84. The molecule has 0 aliphatic rings. The number of rotatable bonds is 1. The van der Waals surface area contributed by atoms with Crippen LogP contribution in [0.2, 0.25) is 0 Å². The Morgan fingerprint density at radius 2 is 2.08 bits per heavy atom. The second kappa shape index (κ2) is 3.12. The lowest BCUT2D eigenvalue weighted by atomic mass is 10.2. The summed E-state index contributed by atoms with van der Waals surface area (Å²) in [6, 6.07) is 3.30. The molecule has 0 saturated carbocycles. The van der Waals surface area contributed by atoms with Crippen LogP contribution in [0.15, 0.2) is 22.4 Å². The van der Waals surface area contributed by atoms with E-state index >= 15 is 0 Å². The average molecular weight is 212 g/mol. The van der Waals surface area contributed by atoms with E-state index in [2.05, 4.69) is 0 Å².